The summed E-state index contributed by atoms with van der Waals surface area (Å²) in [6.45, 7) is 1.82. The lowest BCUT2D eigenvalue weighted by molar-refractivity contribution is -0.389. The molecule has 19 heavy (non-hydrogen) atoms. The Bertz CT molecular complexity index is 759. The van der Waals surface area contributed by atoms with Crippen molar-refractivity contribution in [3.05, 3.63) is 46.4 Å². The molecule has 0 radical (unpaired) electrons. The van der Waals surface area contributed by atoms with Gasteiger partial charge in [0.05, 0.1) is 23.8 Å². The lowest BCUT2D eigenvalue weighted by Gasteiger charge is -2.01. The molecule has 0 amide bonds. The van der Waals surface area contributed by atoms with Gasteiger partial charge in [0.1, 0.15) is 0 Å². The first-order chi connectivity index (χ1) is 9.16. The quantitative estimate of drug-likeness (QED) is 0.552. The van der Waals surface area contributed by atoms with Crippen molar-refractivity contribution in [1.29, 1.82) is 0 Å². The van der Waals surface area contributed by atoms with Gasteiger partial charge < -0.3 is 15.4 Å². The summed E-state index contributed by atoms with van der Waals surface area (Å²) in [5.41, 5.74) is 1.95. The minimum atomic E-state index is -0.461. The SMILES string of the molecule is Cc1[nH]ncc1Nc1nc2ccccn2c1[N+](=O)[O-]. The fourth-order valence-electron chi connectivity index (χ4n) is 1.85. The molecule has 0 aliphatic rings. The van der Waals surface area contributed by atoms with Gasteiger partial charge in [-0.3, -0.25) is 5.10 Å². The zero-order valence-electron chi connectivity index (χ0n) is 9.99. The summed E-state index contributed by atoms with van der Waals surface area (Å²) in [5.74, 6) is 0.0944. The predicted octanol–water partition coefficient (Wildman–Crippen LogP) is 2.02. The molecule has 0 saturated heterocycles. The molecule has 96 valence electrons. The molecule has 3 aromatic rings. The van der Waals surface area contributed by atoms with Crippen LogP contribution in [0.2, 0.25) is 0 Å². The van der Waals surface area contributed by atoms with Crippen LogP contribution in [-0.2, 0) is 0 Å². The average Bonchev–Trinajstić information content (AvgIpc) is 2.93. The summed E-state index contributed by atoms with van der Waals surface area (Å²) in [6.07, 6.45) is 3.16. The summed E-state index contributed by atoms with van der Waals surface area (Å²) in [5, 5.41) is 20.7. The normalized spacial score (nSPS) is 10.8. The number of hydrogen-bond donors (Lipinski definition) is 2. The summed E-state index contributed by atoms with van der Waals surface area (Å²) < 4.78 is 1.43. The van der Waals surface area contributed by atoms with Crippen molar-refractivity contribution in [2.75, 3.05) is 5.32 Å². The van der Waals surface area contributed by atoms with Gasteiger partial charge in [-0.25, -0.2) is 0 Å². The molecule has 3 aromatic heterocycles. The summed E-state index contributed by atoms with van der Waals surface area (Å²) in [7, 11) is 0. The molecule has 3 heterocycles. The Morgan fingerprint density at radius 2 is 2.32 bits per heavy atom. The number of nitrogens with zero attached hydrogens (tertiary/aromatic N) is 4. The zero-order chi connectivity index (χ0) is 13.4. The van der Waals surface area contributed by atoms with Crippen molar-refractivity contribution in [3.8, 4) is 0 Å². The number of anilines is 2. The van der Waals surface area contributed by atoms with Gasteiger partial charge in [0.2, 0.25) is 11.5 Å². The van der Waals surface area contributed by atoms with Crippen LogP contribution in [0.4, 0.5) is 17.3 Å². The monoisotopic (exact) mass is 258 g/mol. The molecule has 0 bridgehead atoms. The van der Waals surface area contributed by atoms with Crippen molar-refractivity contribution < 1.29 is 4.92 Å². The molecule has 8 nitrogen and oxygen atoms in total. The van der Waals surface area contributed by atoms with E-state index in [2.05, 4.69) is 20.5 Å². The van der Waals surface area contributed by atoms with E-state index in [9.17, 15) is 10.1 Å². The smallest absolute Gasteiger partial charge is 0.358 e. The van der Waals surface area contributed by atoms with Crippen LogP contribution in [-0.4, -0.2) is 24.5 Å². The Balaban J connectivity index is 2.15. The first-order valence-corrected chi connectivity index (χ1v) is 5.55. The Labute approximate surface area is 107 Å². The molecule has 0 saturated carbocycles. The summed E-state index contributed by atoms with van der Waals surface area (Å²) >= 11 is 0. The van der Waals surface area contributed by atoms with E-state index >= 15 is 0 Å². The number of nitro groups is 1. The lowest BCUT2D eigenvalue weighted by Crippen LogP contribution is -1.98. The van der Waals surface area contributed by atoms with E-state index in [0.29, 0.717) is 11.3 Å². The van der Waals surface area contributed by atoms with E-state index in [1.54, 1.807) is 30.6 Å². The molecule has 0 aliphatic heterocycles. The van der Waals surface area contributed by atoms with Crippen LogP contribution in [0, 0.1) is 17.0 Å². The minimum absolute atomic E-state index is 0.101. The van der Waals surface area contributed by atoms with Gasteiger partial charge in [-0.05, 0) is 17.9 Å². The van der Waals surface area contributed by atoms with Gasteiger partial charge in [0.15, 0.2) is 0 Å². The Morgan fingerprint density at radius 1 is 1.47 bits per heavy atom. The third-order valence-corrected chi connectivity index (χ3v) is 2.76. The molecule has 0 unspecified atom stereocenters. The van der Waals surface area contributed by atoms with E-state index in [0.717, 1.165) is 5.69 Å². The van der Waals surface area contributed by atoms with Gasteiger partial charge in [-0.1, -0.05) is 6.07 Å². The van der Waals surface area contributed by atoms with Crippen molar-refractivity contribution in [3.63, 3.8) is 0 Å². The van der Waals surface area contributed by atoms with Crippen LogP contribution in [0.5, 0.6) is 0 Å². The van der Waals surface area contributed by atoms with Crippen LogP contribution in [0.25, 0.3) is 5.65 Å². The van der Waals surface area contributed by atoms with E-state index < -0.39 is 4.92 Å². The number of hydrogen-bond acceptors (Lipinski definition) is 5. The minimum Gasteiger partial charge on any atom is -0.358 e. The second-order valence-electron chi connectivity index (χ2n) is 4.00. The van der Waals surface area contributed by atoms with Gasteiger partial charge >= 0.3 is 5.82 Å². The van der Waals surface area contributed by atoms with Crippen molar-refractivity contribution in [2.24, 2.45) is 0 Å². The third kappa shape index (κ3) is 1.79. The fraction of sp³-hybridized carbons (Fsp3) is 0.0909. The molecule has 0 aliphatic carbocycles. The van der Waals surface area contributed by atoms with Gasteiger partial charge in [-0.2, -0.15) is 14.5 Å². The van der Waals surface area contributed by atoms with Gasteiger partial charge in [0, 0.05) is 6.07 Å². The summed E-state index contributed by atoms with van der Waals surface area (Å²) in [6, 6.07) is 5.20. The first kappa shape index (κ1) is 11.2. The van der Waals surface area contributed by atoms with Gasteiger partial charge in [-0.15, -0.1) is 0 Å². The first-order valence-electron chi connectivity index (χ1n) is 5.55. The number of aromatic nitrogens is 4. The highest BCUT2D eigenvalue weighted by Gasteiger charge is 2.22. The average molecular weight is 258 g/mol. The highest BCUT2D eigenvalue weighted by atomic mass is 16.6. The molecule has 0 fully saturated rings. The van der Waals surface area contributed by atoms with E-state index in [1.165, 1.54) is 4.40 Å². The Hall–Kier alpha value is -2.90. The summed E-state index contributed by atoms with van der Waals surface area (Å²) in [4.78, 5) is 14.9. The van der Waals surface area contributed by atoms with E-state index in [4.69, 9.17) is 0 Å². The van der Waals surface area contributed by atoms with Crippen molar-refractivity contribution in [2.45, 2.75) is 6.92 Å². The standard InChI is InChI=1S/C11H10N6O2/c1-7-8(6-12-15-7)13-10-11(17(18)19)16-5-3-2-4-9(16)14-10/h2-6,13H,1H3,(H,12,15). The maximum atomic E-state index is 11.2. The molecular weight excluding hydrogens is 248 g/mol. The maximum absolute atomic E-state index is 11.2. The van der Waals surface area contributed by atoms with Gasteiger partial charge in [0.25, 0.3) is 0 Å². The number of fused-ring (bicyclic) bond motifs is 1. The third-order valence-electron chi connectivity index (χ3n) is 2.76. The Kier molecular flexibility index (Phi) is 2.41. The van der Waals surface area contributed by atoms with Crippen LogP contribution in [0.15, 0.2) is 30.6 Å². The number of pyridine rings is 1. The molecule has 0 aromatic carbocycles. The van der Waals surface area contributed by atoms with Crippen molar-refractivity contribution in [1.82, 2.24) is 19.6 Å². The lowest BCUT2D eigenvalue weighted by atomic mass is 10.4. The number of H-pyrrole nitrogens is 1. The van der Waals surface area contributed by atoms with E-state index in [-0.39, 0.29) is 11.6 Å². The van der Waals surface area contributed by atoms with Crippen LogP contribution < -0.4 is 5.32 Å². The molecular formula is C11H10N6O2. The zero-order valence-corrected chi connectivity index (χ0v) is 9.99. The van der Waals surface area contributed by atoms with Crippen molar-refractivity contribution >= 4 is 23.0 Å². The molecule has 3 rings (SSSR count). The Morgan fingerprint density at radius 3 is 3.00 bits per heavy atom. The highest BCUT2D eigenvalue weighted by Crippen LogP contribution is 2.28. The number of rotatable bonds is 3. The van der Waals surface area contributed by atoms with Crippen LogP contribution >= 0.6 is 0 Å². The highest BCUT2D eigenvalue weighted by molar-refractivity contribution is 5.69. The second kappa shape index (κ2) is 4.09. The van der Waals surface area contributed by atoms with Crippen LogP contribution in [0.3, 0.4) is 0 Å². The predicted molar refractivity (Wildman–Crippen MR) is 68.5 cm³/mol. The fourth-order valence-corrected chi connectivity index (χ4v) is 1.85. The topological polar surface area (TPSA) is 101 Å². The largest absolute Gasteiger partial charge is 0.372 e. The van der Waals surface area contributed by atoms with E-state index in [1.807, 2.05) is 6.92 Å². The van der Waals surface area contributed by atoms with Crippen LogP contribution in [0.1, 0.15) is 5.69 Å². The molecule has 8 heteroatoms. The number of aryl methyl sites for hydroxylation is 1. The molecule has 2 N–H and O–H groups in total. The number of aromatic amines is 1. The molecule has 0 atom stereocenters. The maximum Gasteiger partial charge on any atom is 0.372 e. The number of imidazole rings is 1. The molecule has 0 spiro atoms. The second-order valence-corrected chi connectivity index (χ2v) is 4.00. The number of nitrogens with one attached hydrogen (secondary N) is 2.